The standard InChI is InChI=1S/C12H22F2N2/c1-10-9-16(8-6-15-10)7-4-11-3-2-5-12(11,13)14/h10-11,15H,2-9H2,1H3/t10-,11?/m1/s1. The van der Waals surface area contributed by atoms with Gasteiger partial charge in [-0.05, 0) is 32.7 Å². The smallest absolute Gasteiger partial charge is 0.250 e. The second-order valence-electron chi connectivity index (χ2n) is 5.29. The molecule has 0 aromatic carbocycles. The number of piperazine rings is 1. The molecule has 0 aromatic heterocycles. The molecule has 1 saturated carbocycles. The van der Waals surface area contributed by atoms with Gasteiger partial charge in [0.15, 0.2) is 0 Å². The minimum atomic E-state index is -2.39. The summed E-state index contributed by atoms with van der Waals surface area (Å²) in [5.41, 5.74) is 0. The number of halogens is 2. The van der Waals surface area contributed by atoms with Crippen LogP contribution >= 0.6 is 0 Å². The van der Waals surface area contributed by atoms with Crippen LogP contribution in [0.1, 0.15) is 32.6 Å². The van der Waals surface area contributed by atoms with E-state index < -0.39 is 5.92 Å². The van der Waals surface area contributed by atoms with Gasteiger partial charge in [0.2, 0.25) is 0 Å². The maximum Gasteiger partial charge on any atom is 0.250 e. The average Bonchev–Trinajstić information content (AvgIpc) is 2.55. The highest BCUT2D eigenvalue weighted by molar-refractivity contribution is 4.85. The largest absolute Gasteiger partial charge is 0.312 e. The van der Waals surface area contributed by atoms with Crippen LogP contribution in [0.4, 0.5) is 8.78 Å². The zero-order valence-electron chi connectivity index (χ0n) is 10.0. The second-order valence-corrected chi connectivity index (χ2v) is 5.29. The molecule has 1 heterocycles. The molecule has 2 atom stereocenters. The van der Waals surface area contributed by atoms with E-state index in [1.165, 1.54) is 0 Å². The fraction of sp³-hybridized carbons (Fsp3) is 1.00. The lowest BCUT2D eigenvalue weighted by atomic mass is 10.0. The topological polar surface area (TPSA) is 15.3 Å². The molecule has 0 amide bonds. The number of nitrogens with zero attached hydrogens (tertiary/aromatic N) is 1. The molecular formula is C12H22F2N2. The molecule has 2 aliphatic rings. The maximum atomic E-state index is 13.4. The van der Waals surface area contributed by atoms with Crippen molar-refractivity contribution in [3.63, 3.8) is 0 Å². The van der Waals surface area contributed by atoms with Gasteiger partial charge in [0, 0.05) is 38.0 Å². The quantitative estimate of drug-likeness (QED) is 0.801. The van der Waals surface area contributed by atoms with Crippen LogP contribution in [0.5, 0.6) is 0 Å². The van der Waals surface area contributed by atoms with Gasteiger partial charge in [0.05, 0.1) is 0 Å². The third-order valence-electron chi connectivity index (χ3n) is 3.91. The van der Waals surface area contributed by atoms with Crippen molar-refractivity contribution < 1.29 is 8.78 Å². The molecule has 1 aliphatic carbocycles. The number of rotatable bonds is 3. The van der Waals surface area contributed by atoms with Gasteiger partial charge in [-0.1, -0.05) is 0 Å². The van der Waals surface area contributed by atoms with Gasteiger partial charge in [-0.15, -0.1) is 0 Å². The Kier molecular flexibility index (Phi) is 3.80. The van der Waals surface area contributed by atoms with E-state index >= 15 is 0 Å². The van der Waals surface area contributed by atoms with Gasteiger partial charge in [0.1, 0.15) is 0 Å². The van der Waals surface area contributed by atoms with Gasteiger partial charge < -0.3 is 10.2 Å². The maximum absolute atomic E-state index is 13.4. The lowest BCUT2D eigenvalue weighted by molar-refractivity contribution is -0.0423. The van der Waals surface area contributed by atoms with Crippen molar-refractivity contribution in [3.8, 4) is 0 Å². The van der Waals surface area contributed by atoms with Crippen LogP contribution in [0.25, 0.3) is 0 Å². The molecule has 0 spiro atoms. The van der Waals surface area contributed by atoms with E-state index in [4.69, 9.17) is 0 Å². The second kappa shape index (κ2) is 4.96. The Bertz CT molecular complexity index is 233. The summed E-state index contributed by atoms with van der Waals surface area (Å²) in [6, 6.07) is 0.498. The molecule has 4 heteroatoms. The normalized spacial score (nSPS) is 35.4. The van der Waals surface area contributed by atoms with Crippen LogP contribution in [-0.2, 0) is 0 Å². The van der Waals surface area contributed by atoms with E-state index in [0.29, 0.717) is 25.3 Å². The molecule has 0 aromatic rings. The molecule has 2 nitrogen and oxygen atoms in total. The zero-order valence-corrected chi connectivity index (χ0v) is 10.0. The van der Waals surface area contributed by atoms with Crippen LogP contribution in [0.15, 0.2) is 0 Å². The van der Waals surface area contributed by atoms with Gasteiger partial charge in [-0.2, -0.15) is 0 Å². The summed E-state index contributed by atoms with van der Waals surface area (Å²) in [6.07, 6.45) is 2.19. The van der Waals surface area contributed by atoms with E-state index in [1.54, 1.807) is 0 Å². The number of hydrogen-bond donors (Lipinski definition) is 1. The Morgan fingerprint density at radius 3 is 2.88 bits per heavy atom. The molecule has 0 bridgehead atoms. The van der Waals surface area contributed by atoms with Crippen molar-refractivity contribution in [1.29, 1.82) is 0 Å². The SMILES string of the molecule is C[C@@H]1CN(CCC2CCCC2(F)F)CCN1. The molecule has 1 unspecified atom stereocenters. The minimum absolute atomic E-state index is 0.107. The van der Waals surface area contributed by atoms with Crippen LogP contribution in [0, 0.1) is 5.92 Å². The van der Waals surface area contributed by atoms with E-state index in [2.05, 4.69) is 17.1 Å². The molecule has 0 radical (unpaired) electrons. The summed E-state index contributed by atoms with van der Waals surface area (Å²) < 4.78 is 26.8. The first-order valence-corrected chi connectivity index (χ1v) is 6.41. The molecule has 16 heavy (non-hydrogen) atoms. The first-order chi connectivity index (χ1) is 7.58. The molecular weight excluding hydrogens is 210 g/mol. The Morgan fingerprint density at radius 2 is 2.25 bits per heavy atom. The highest BCUT2D eigenvalue weighted by Crippen LogP contribution is 2.42. The molecule has 1 N–H and O–H groups in total. The van der Waals surface area contributed by atoms with Crippen LogP contribution in [0.3, 0.4) is 0 Å². The Morgan fingerprint density at radius 1 is 1.44 bits per heavy atom. The van der Waals surface area contributed by atoms with Crippen molar-refractivity contribution in [1.82, 2.24) is 10.2 Å². The first-order valence-electron chi connectivity index (χ1n) is 6.41. The van der Waals surface area contributed by atoms with Crippen molar-refractivity contribution in [2.75, 3.05) is 26.2 Å². The van der Waals surface area contributed by atoms with Crippen molar-refractivity contribution in [2.45, 2.75) is 44.6 Å². The van der Waals surface area contributed by atoms with E-state index in [9.17, 15) is 8.78 Å². The van der Waals surface area contributed by atoms with Gasteiger partial charge in [-0.25, -0.2) is 8.78 Å². The zero-order chi connectivity index (χ0) is 11.6. The van der Waals surface area contributed by atoms with Crippen molar-refractivity contribution >= 4 is 0 Å². The van der Waals surface area contributed by atoms with Gasteiger partial charge in [0.25, 0.3) is 5.92 Å². The van der Waals surface area contributed by atoms with Gasteiger partial charge in [-0.3, -0.25) is 0 Å². The highest BCUT2D eigenvalue weighted by Gasteiger charge is 2.43. The summed E-state index contributed by atoms with van der Waals surface area (Å²) >= 11 is 0. The summed E-state index contributed by atoms with van der Waals surface area (Å²) in [7, 11) is 0. The lowest BCUT2D eigenvalue weighted by Gasteiger charge is -2.33. The molecule has 1 aliphatic heterocycles. The Hall–Kier alpha value is -0.220. The average molecular weight is 232 g/mol. The Balaban J connectivity index is 1.74. The predicted molar refractivity (Wildman–Crippen MR) is 60.8 cm³/mol. The first kappa shape index (κ1) is 12.2. The highest BCUT2D eigenvalue weighted by atomic mass is 19.3. The van der Waals surface area contributed by atoms with Crippen LogP contribution < -0.4 is 5.32 Å². The fourth-order valence-electron chi connectivity index (χ4n) is 2.91. The predicted octanol–water partition coefficient (Wildman–Crippen LogP) is 2.11. The summed E-state index contributed by atoms with van der Waals surface area (Å²) in [5.74, 6) is -2.75. The summed E-state index contributed by atoms with van der Waals surface area (Å²) in [4.78, 5) is 2.32. The molecule has 94 valence electrons. The molecule has 2 rings (SSSR count). The van der Waals surface area contributed by atoms with Gasteiger partial charge >= 0.3 is 0 Å². The number of nitrogens with one attached hydrogen (secondary N) is 1. The third-order valence-corrected chi connectivity index (χ3v) is 3.91. The van der Waals surface area contributed by atoms with E-state index in [-0.39, 0.29) is 12.3 Å². The van der Waals surface area contributed by atoms with Crippen molar-refractivity contribution in [3.05, 3.63) is 0 Å². The summed E-state index contributed by atoms with van der Waals surface area (Å²) in [6.45, 7) is 5.98. The fourth-order valence-corrected chi connectivity index (χ4v) is 2.91. The van der Waals surface area contributed by atoms with E-state index in [0.717, 1.165) is 26.2 Å². The number of alkyl halides is 2. The summed E-state index contributed by atoms with van der Waals surface area (Å²) in [5, 5.41) is 3.37. The van der Waals surface area contributed by atoms with Crippen molar-refractivity contribution in [2.24, 2.45) is 5.92 Å². The van der Waals surface area contributed by atoms with Crippen LogP contribution in [-0.4, -0.2) is 43.0 Å². The third kappa shape index (κ3) is 2.92. The number of hydrogen-bond acceptors (Lipinski definition) is 2. The Labute approximate surface area is 96.4 Å². The monoisotopic (exact) mass is 232 g/mol. The molecule has 1 saturated heterocycles. The van der Waals surface area contributed by atoms with E-state index in [1.807, 2.05) is 0 Å². The van der Waals surface area contributed by atoms with Crippen LogP contribution in [0.2, 0.25) is 0 Å². The minimum Gasteiger partial charge on any atom is -0.312 e. The lowest BCUT2D eigenvalue weighted by Crippen LogP contribution is -2.49. The molecule has 2 fully saturated rings.